The van der Waals surface area contributed by atoms with Crippen LogP contribution in [-0.2, 0) is 6.42 Å². The van der Waals surface area contributed by atoms with E-state index in [-0.39, 0.29) is 6.10 Å². The zero-order valence-electron chi connectivity index (χ0n) is 16.1. The van der Waals surface area contributed by atoms with Gasteiger partial charge < -0.3 is 9.34 Å². The summed E-state index contributed by atoms with van der Waals surface area (Å²) in [5.74, 6) is 0.470. The molecule has 2 aromatic rings. The number of fused-ring (bicyclic) bond motifs is 1. The van der Waals surface area contributed by atoms with E-state index in [9.17, 15) is 5.11 Å². The minimum absolute atomic E-state index is 0.0746. The van der Waals surface area contributed by atoms with Gasteiger partial charge in [0.1, 0.15) is 0 Å². The van der Waals surface area contributed by atoms with E-state index in [1.807, 2.05) is 0 Å². The van der Waals surface area contributed by atoms with Crippen LogP contribution in [0.4, 0.5) is 0 Å². The van der Waals surface area contributed by atoms with E-state index in [0.717, 1.165) is 12.8 Å². The Labute approximate surface area is 148 Å². The Hall–Kier alpha value is -1.06. The molecule has 1 aromatic heterocycles. The molecule has 1 aliphatic rings. The third-order valence-electron chi connectivity index (χ3n) is 6.35. The van der Waals surface area contributed by atoms with E-state index in [1.165, 1.54) is 16.5 Å². The van der Waals surface area contributed by atoms with Crippen LogP contribution in [0.5, 0.6) is 0 Å². The quantitative estimate of drug-likeness (QED) is 0.680. The summed E-state index contributed by atoms with van der Waals surface area (Å²) in [6.07, 6.45) is 4.38. The van der Waals surface area contributed by atoms with E-state index in [0.29, 0.717) is 22.5 Å². The number of benzene rings is 1. The zero-order valence-corrected chi connectivity index (χ0v) is 17.1. The lowest BCUT2D eigenvalue weighted by Crippen LogP contribution is -2.51. The first-order valence-electron chi connectivity index (χ1n) is 9.57. The number of rotatable bonds is 6. The molecule has 0 unspecified atom stereocenters. The number of hydrogen-bond donors (Lipinski definition) is 1. The average Bonchev–Trinajstić information content (AvgIpc) is 3.07. The van der Waals surface area contributed by atoms with Gasteiger partial charge in [-0.3, -0.25) is 0 Å². The van der Waals surface area contributed by atoms with Crippen molar-refractivity contribution >= 4 is 19.1 Å². The molecule has 0 aliphatic heterocycles. The van der Waals surface area contributed by atoms with Gasteiger partial charge in [0, 0.05) is 10.9 Å². The third kappa shape index (κ3) is 2.66. The van der Waals surface area contributed by atoms with Crippen molar-refractivity contribution in [2.45, 2.75) is 77.1 Å². The molecule has 3 rings (SSSR count). The Kier molecular flexibility index (Phi) is 4.69. The molecule has 0 radical (unpaired) electrons. The van der Waals surface area contributed by atoms with Crippen molar-refractivity contribution in [2.24, 2.45) is 5.92 Å². The van der Waals surface area contributed by atoms with Gasteiger partial charge in [0.05, 0.1) is 6.10 Å². The first kappa shape index (κ1) is 17.8. The fourth-order valence-corrected chi connectivity index (χ4v) is 12.0. The molecule has 1 saturated carbocycles. The van der Waals surface area contributed by atoms with Crippen LogP contribution in [0.15, 0.2) is 30.5 Å². The number of aromatic nitrogens is 1. The molecule has 132 valence electrons. The highest BCUT2D eigenvalue weighted by atomic mass is 28.3. The van der Waals surface area contributed by atoms with E-state index < -0.39 is 8.24 Å². The lowest BCUT2D eigenvalue weighted by atomic mass is 10.1. The molecule has 1 N–H and O–H groups in total. The van der Waals surface area contributed by atoms with E-state index in [1.54, 1.807) is 0 Å². The van der Waals surface area contributed by atoms with E-state index in [2.05, 4.69) is 76.2 Å². The smallest absolute Gasteiger partial charge is 0.169 e. The third-order valence-corrected chi connectivity index (χ3v) is 13.1. The van der Waals surface area contributed by atoms with Crippen molar-refractivity contribution in [1.29, 1.82) is 0 Å². The predicted octanol–water partition coefficient (Wildman–Crippen LogP) is 5.59. The second-order valence-electron chi connectivity index (χ2n) is 8.66. The average molecular weight is 344 g/mol. The number of aliphatic hydroxyl groups excluding tert-OH is 1. The molecule has 1 fully saturated rings. The van der Waals surface area contributed by atoms with Crippen LogP contribution in [-0.4, -0.2) is 23.7 Å². The molecule has 1 aliphatic carbocycles. The van der Waals surface area contributed by atoms with Crippen molar-refractivity contribution in [2.75, 3.05) is 0 Å². The summed E-state index contributed by atoms with van der Waals surface area (Å²) in [5.41, 5.74) is 4.91. The highest BCUT2D eigenvalue weighted by molar-refractivity contribution is 6.82. The van der Waals surface area contributed by atoms with Crippen LogP contribution < -0.4 is 0 Å². The van der Waals surface area contributed by atoms with Gasteiger partial charge in [-0.2, -0.15) is 0 Å². The molecule has 0 bridgehead atoms. The Morgan fingerprint density at radius 1 is 1.04 bits per heavy atom. The van der Waals surface area contributed by atoms with Gasteiger partial charge in [-0.1, -0.05) is 59.7 Å². The second-order valence-corrected chi connectivity index (χ2v) is 14.4. The normalized spacial score (nSPS) is 21.4. The molecule has 1 heterocycles. The van der Waals surface area contributed by atoms with Crippen LogP contribution in [0.25, 0.3) is 10.9 Å². The minimum atomic E-state index is -1.74. The summed E-state index contributed by atoms with van der Waals surface area (Å²) in [4.78, 5) is 0. The number of aliphatic hydroxyl groups is 1. The molecule has 0 saturated heterocycles. The van der Waals surface area contributed by atoms with Gasteiger partial charge in [0.25, 0.3) is 0 Å². The highest BCUT2D eigenvalue weighted by Gasteiger charge is 2.46. The largest absolute Gasteiger partial charge is 0.393 e. The zero-order chi connectivity index (χ0) is 17.6. The molecule has 1 aromatic carbocycles. The SMILES string of the molecule is CC(C)[Si](C(C)C)(C(C)C)n1cc(C[C@H]2C[C@@H]2O)c2ccccc21. The number of nitrogens with zero attached hydrogens (tertiary/aromatic N) is 1. The van der Waals surface area contributed by atoms with Crippen molar-refractivity contribution in [1.82, 2.24) is 4.23 Å². The van der Waals surface area contributed by atoms with Gasteiger partial charge in [-0.05, 0) is 53.2 Å². The topological polar surface area (TPSA) is 25.2 Å². The van der Waals surface area contributed by atoms with Crippen LogP contribution >= 0.6 is 0 Å². The van der Waals surface area contributed by atoms with Crippen LogP contribution in [0.3, 0.4) is 0 Å². The lowest BCUT2D eigenvalue weighted by Gasteiger charge is -2.44. The highest BCUT2D eigenvalue weighted by Crippen LogP contribution is 2.45. The first-order valence-corrected chi connectivity index (χ1v) is 11.8. The molecule has 2 nitrogen and oxygen atoms in total. The van der Waals surface area contributed by atoms with E-state index >= 15 is 0 Å². The van der Waals surface area contributed by atoms with Gasteiger partial charge in [-0.25, -0.2) is 0 Å². The maximum atomic E-state index is 9.79. The predicted molar refractivity (Wildman–Crippen MR) is 106 cm³/mol. The number of para-hydroxylation sites is 1. The van der Waals surface area contributed by atoms with Crippen molar-refractivity contribution < 1.29 is 5.11 Å². The maximum Gasteiger partial charge on any atom is 0.169 e. The van der Waals surface area contributed by atoms with Gasteiger partial charge in [0.15, 0.2) is 8.24 Å². The summed E-state index contributed by atoms with van der Waals surface area (Å²) in [7, 11) is -1.74. The standard InChI is InChI=1S/C21H33NOSi/c1-14(2)24(15(3)4,16(5)6)22-13-18(11-17-12-21(17)23)19-9-7-8-10-20(19)22/h7-10,13-17,21,23H,11-12H2,1-6H3/t17-,21-/m0/s1. The fraction of sp³-hybridized carbons (Fsp3) is 0.619. The molecular formula is C21H33NOSi. The summed E-state index contributed by atoms with van der Waals surface area (Å²) in [6.45, 7) is 14.5. The minimum Gasteiger partial charge on any atom is -0.393 e. The lowest BCUT2D eigenvalue weighted by molar-refractivity contribution is 0.259. The van der Waals surface area contributed by atoms with Gasteiger partial charge in [-0.15, -0.1) is 0 Å². The molecule has 3 heteroatoms. The van der Waals surface area contributed by atoms with E-state index in [4.69, 9.17) is 0 Å². The Morgan fingerprint density at radius 3 is 2.08 bits per heavy atom. The van der Waals surface area contributed by atoms with Crippen molar-refractivity contribution in [3.63, 3.8) is 0 Å². The maximum absolute atomic E-state index is 9.79. The fourth-order valence-electron chi connectivity index (χ4n) is 5.30. The van der Waals surface area contributed by atoms with Crippen LogP contribution in [0.1, 0.15) is 53.5 Å². The summed E-state index contributed by atoms with van der Waals surface area (Å²) in [5, 5.41) is 11.2. The monoisotopic (exact) mass is 343 g/mol. The van der Waals surface area contributed by atoms with Gasteiger partial charge >= 0.3 is 0 Å². The first-order chi connectivity index (χ1) is 11.3. The molecular weight excluding hydrogens is 310 g/mol. The van der Waals surface area contributed by atoms with Gasteiger partial charge in [0.2, 0.25) is 0 Å². The summed E-state index contributed by atoms with van der Waals surface area (Å²) < 4.78 is 2.71. The molecule has 24 heavy (non-hydrogen) atoms. The Balaban J connectivity index is 2.20. The molecule has 0 spiro atoms. The van der Waals surface area contributed by atoms with Crippen molar-refractivity contribution in [3.8, 4) is 0 Å². The number of hydrogen-bond acceptors (Lipinski definition) is 1. The second kappa shape index (κ2) is 6.34. The van der Waals surface area contributed by atoms with Crippen LogP contribution in [0.2, 0.25) is 16.6 Å². The molecule has 0 amide bonds. The van der Waals surface area contributed by atoms with Crippen molar-refractivity contribution in [3.05, 3.63) is 36.0 Å². The summed E-state index contributed by atoms with van der Waals surface area (Å²) >= 11 is 0. The summed E-state index contributed by atoms with van der Waals surface area (Å²) in [6, 6.07) is 8.91. The van der Waals surface area contributed by atoms with Crippen LogP contribution in [0, 0.1) is 5.92 Å². The Bertz CT molecular complexity index is 694. The Morgan fingerprint density at radius 2 is 1.58 bits per heavy atom. The molecule has 2 atom stereocenters.